The average Bonchev–Trinajstić information content (AvgIpc) is 2.86. The van der Waals surface area contributed by atoms with Gasteiger partial charge < -0.3 is 5.32 Å². The molecule has 1 aromatic carbocycles. The highest BCUT2D eigenvalue weighted by Gasteiger charge is 2.23. The summed E-state index contributed by atoms with van der Waals surface area (Å²) in [5, 5.41) is 2.89. The van der Waals surface area contributed by atoms with Crippen LogP contribution in [0.3, 0.4) is 0 Å². The Labute approximate surface area is 121 Å². The number of amides is 1. The molecule has 1 atom stereocenters. The molecule has 1 amide bonds. The molecular formula is C14H18BrFN2O. The maximum Gasteiger partial charge on any atom is 0.251 e. The maximum absolute atomic E-state index is 13.4. The summed E-state index contributed by atoms with van der Waals surface area (Å²) in [6.07, 6.45) is 2.30. The number of nitrogens with one attached hydrogen (secondary N) is 1. The number of likely N-dealkylation sites (tertiary alicyclic amines) is 1. The second-order valence-corrected chi connectivity index (χ2v) is 5.62. The van der Waals surface area contributed by atoms with Gasteiger partial charge in [0.1, 0.15) is 5.82 Å². The van der Waals surface area contributed by atoms with Gasteiger partial charge in [-0.05, 0) is 60.1 Å². The Hall–Kier alpha value is -0.940. The first-order valence-corrected chi connectivity index (χ1v) is 7.38. The number of likely N-dealkylation sites (N-methyl/N-ethyl adjacent to an activating group) is 1. The van der Waals surface area contributed by atoms with Gasteiger partial charge in [-0.25, -0.2) is 4.39 Å². The summed E-state index contributed by atoms with van der Waals surface area (Å²) >= 11 is 3.08. The number of nitrogens with zero attached hydrogens (tertiary/aromatic N) is 1. The number of benzene rings is 1. The number of hydrogen-bond acceptors (Lipinski definition) is 2. The Morgan fingerprint density at radius 3 is 3.05 bits per heavy atom. The quantitative estimate of drug-likeness (QED) is 0.921. The summed E-state index contributed by atoms with van der Waals surface area (Å²) in [4.78, 5) is 14.3. The minimum atomic E-state index is -0.413. The largest absolute Gasteiger partial charge is 0.350 e. The van der Waals surface area contributed by atoms with Crippen molar-refractivity contribution in [2.75, 3.05) is 19.6 Å². The highest BCUT2D eigenvalue weighted by molar-refractivity contribution is 9.10. The molecule has 1 aromatic rings. The van der Waals surface area contributed by atoms with Gasteiger partial charge >= 0.3 is 0 Å². The fourth-order valence-electron chi connectivity index (χ4n) is 2.49. The number of halogens is 2. The second kappa shape index (κ2) is 6.48. The Morgan fingerprint density at radius 1 is 1.58 bits per heavy atom. The van der Waals surface area contributed by atoms with E-state index in [-0.39, 0.29) is 5.91 Å². The molecule has 0 bridgehead atoms. The van der Waals surface area contributed by atoms with Gasteiger partial charge in [-0.15, -0.1) is 0 Å². The molecule has 0 radical (unpaired) electrons. The van der Waals surface area contributed by atoms with Crippen LogP contribution < -0.4 is 5.32 Å². The number of rotatable bonds is 4. The molecule has 0 aliphatic carbocycles. The normalized spacial score (nSPS) is 19.6. The molecule has 1 fully saturated rings. The number of hydrogen-bond donors (Lipinski definition) is 1. The van der Waals surface area contributed by atoms with Gasteiger partial charge in [0.15, 0.2) is 0 Å². The van der Waals surface area contributed by atoms with Crippen LogP contribution in [0.15, 0.2) is 22.7 Å². The van der Waals surface area contributed by atoms with Crippen LogP contribution in [0.25, 0.3) is 0 Å². The van der Waals surface area contributed by atoms with E-state index in [9.17, 15) is 9.18 Å². The van der Waals surface area contributed by atoms with Crippen LogP contribution in [0, 0.1) is 5.82 Å². The molecule has 1 N–H and O–H groups in total. The lowest BCUT2D eigenvalue weighted by atomic mass is 10.2. The van der Waals surface area contributed by atoms with Crippen LogP contribution in [0.2, 0.25) is 0 Å². The minimum Gasteiger partial charge on any atom is -0.350 e. The minimum absolute atomic E-state index is 0.214. The molecule has 1 unspecified atom stereocenters. The predicted octanol–water partition coefficient (Wildman–Crippen LogP) is 2.80. The first-order valence-electron chi connectivity index (χ1n) is 6.59. The van der Waals surface area contributed by atoms with E-state index < -0.39 is 5.82 Å². The lowest BCUT2D eigenvalue weighted by Gasteiger charge is -2.22. The third kappa shape index (κ3) is 3.54. The van der Waals surface area contributed by atoms with E-state index in [0.717, 1.165) is 19.5 Å². The van der Waals surface area contributed by atoms with Gasteiger partial charge in [0.05, 0.1) is 4.47 Å². The Morgan fingerprint density at radius 2 is 2.37 bits per heavy atom. The molecule has 0 aromatic heterocycles. The Balaban J connectivity index is 1.92. The molecule has 1 aliphatic heterocycles. The van der Waals surface area contributed by atoms with Crippen molar-refractivity contribution in [1.82, 2.24) is 10.2 Å². The number of carbonyl (C=O) groups is 1. The second-order valence-electron chi connectivity index (χ2n) is 4.76. The molecule has 1 aliphatic rings. The van der Waals surface area contributed by atoms with E-state index in [2.05, 4.69) is 33.1 Å². The summed E-state index contributed by atoms with van der Waals surface area (Å²) in [7, 11) is 0. The standard InChI is InChI=1S/C14H18BrFN2O/c1-2-18-7-3-4-11(18)9-17-14(19)10-5-6-12(15)13(16)8-10/h5-6,8,11H,2-4,7,9H2,1H3,(H,17,19). The van der Waals surface area contributed by atoms with E-state index >= 15 is 0 Å². The van der Waals surface area contributed by atoms with Gasteiger partial charge in [0.25, 0.3) is 5.91 Å². The van der Waals surface area contributed by atoms with E-state index in [1.54, 1.807) is 12.1 Å². The first-order chi connectivity index (χ1) is 9.11. The topological polar surface area (TPSA) is 32.3 Å². The van der Waals surface area contributed by atoms with Crippen LogP contribution in [0.1, 0.15) is 30.1 Å². The lowest BCUT2D eigenvalue weighted by Crippen LogP contribution is -2.40. The van der Waals surface area contributed by atoms with Gasteiger partial charge in [-0.2, -0.15) is 0 Å². The average molecular weight is 329 g/mol. The molecule has 2 rings (SSSR count). The summed E-state index contributed by atoms with van der Waals surface area (Å²) in [6, 6.07) is 4.84. The third-order valence-electron chi connectivity index (χ3n) is 3.59. The predicted molar refractivity (Wildman–Crippen MR) is 76.7 cm³/mol. The fourth-order valence-corrected chi connectivity index (χ4v) is 2.74. The molecule has 1 heterocycles. The SMILES string of the molecule is CCN1CCCC1CNC(=O)c1ccc(Br)c(F)c1. The van der Waals surface area contributed by atoms with Crippen molar-refractivity contribution in [3.63, 3.8) is 0 Å². The van der Waals surface area contributed by atoms with Crippen LogP contribution in [0.5, 0.6) is 0 Å². The molecule has 19 heavy (non-hydrogen) atoms. The van der Waals surface area contributed by atoms with E-state index in [1.165, 1.54) is 12.5 Å². The van der Waals surface area contributed by atoms with Crippen molar-refractivity contribution in [1.29, 1.82) is 0 Å². The van der Waals surface area contributed by atoms with Crippen molar-refractivity contribution < 1.29 is 9.18 Å². The van der Waals surface area contributed by atoms with Crippen molar-refractivity contribution in [3.05, 3.63) is 34.1 Å². The summed E-state index contributed by atoms with van der Waals surface area (Å²) in [5.74, 6) is -0.627. The highest BCUT2D eigenvalue weighted by atomic mass is 79.9. The van der Waals surface area contributed by atoms with Gasteiger partial charge in [0, 0.05) is 18.2 Å². The Bertz CT molecular complexity index is 467. The molecular weight excluding hydrogens is 311 g/mol. The highest BCUT2D eigenvalue weighted by Crippen LogP contribution is 2.17. The number of carbonyl (C=O) groups excluding carboxylic acids is 1. The molecule has 0 spiro atoms. The van der Waals surface area contributed by atoms with Crippen LogP contribution >= 0.6 is 15.9 Å². The summed E-state index contributed by atoms with van der Waals surface area (Å²) in [6.45, 7) is 4.87. The molecule has 104 valence electrons. The monoisotopic (exact) mass is 328 g/mol. The zero-order valence-electron chi connectivity index (χ0n) is 11.0. The van der Waals surface area contributed by atoms with Crippen molar-refractivity contribution in [3.8, 4) is 0 Å². The maximum atomic E-state index is 13.4. The zero-order valence-corrected chi connectivity index (χ0v) is 12.5. The molecule has 0 saturated carbocycles. The van der Waals surface area contributed by atoms with Gasteiger partial charge in [0.2, 0.25) is 0 Å². The van der Waals surface area contributed by atoms with Crippen molar-refractivity contribution in [2.24, 2.45) is 0 Å². The van der Waals surface area contributed by atoms with E-state index in [0.29, 0.717) is 22.6 Å². The van der Waals surface area contributed by atoms with Crippen molar-refractivity contribution >= 4 is 21.8 Å². The smallest absolute Gasteiger partial charge is 0.251 e. The van der Waals surface area contributed by atoms with E-state index in [1.807, 2.05) is 0 Å². The Kier molecular flexibility index (Phi) is 4.93. The molecule has 3 nitrogen and oxygen atoms in total. The first kappa shape index (κ1) is 14.5. The lowest BCUT2D eigenvalue weighted by molar-refractivity contribution is 0.0941. The molecule has 1 saturated heterocycles. The van der Waals surface area contributed by atoms with Crippen molar-refractivity contribution in [2.45, 2.75) is 25.8 Å². The zero-order chi connectivity index (χ0) is 13.8. The van der Waals surface area contributed by atoms with Crippen LogP contribution in [-0.2, 0) is 0 Å². The van der Waals surface area contributed by atoms with Gasteiger partial charge in [-0.3, -0.25) is 9.69 Å². The fraction of sp³-hybridized carbons (Fsp3) is 0.500. The van der Waals surface area contributed by atoms with Crippen LogP contribution in [-0.4, -0.2) is 36.5 Å². The van der Waals surface area contributed by atoms with Gasteiger partial charge in [-0.1, -0.05) is 6.92 Å². The van der Waals surface area contributed by atoms with E-state index in [4.69, 9.17) is 0 Å². The third-order valence-corrected chi connectivity index (χ3v) is 4.23. The summed E-state index contributed by atoms with van der Waals surface area (Å²) < 4.78 is 13.7. The summed E-state index contributed by atoms with van der Waals surface area (Å²) in [5.41, 5.74) is 0.363. The molecule has 5 heteroatoms. The van der Waals surface area contributed by atoms with Crippen LogP contribution in [0.4, 0.5) is 4.39 Å².